The minimum absolute atomic E-state index is 0.0463. The average molecular weight is 362 g/mol. The van der Waals surface area contributed by atoms with Gasteiger partial charge in [0.1, 0.15) is 24.7 Å². The number of ether oxygens (including phenoxy) is 2. The van der Waals surface area contributed by atoms with Crippen LogP contribution in [0.4, 0.5) is 13.2 Å². The zero-order chi connectivity index (χ0) is 18.7. The standard InChI is InChI=1S/C18H13F3N2O3/c19-18(20,21)26-14-4-1-12(2-5-14)13-3-6-16-15(11-13)17(24)23(8-7-22)9-10-25-16/h1-6,11H,8-10H2. The number of carbonyl (C=O) groups is 1. The highest BCUT2D eigenvalue weighted by Gasteiger charge is 2.31. The zero-order valence-corrected chi connectivity index (χ0v) is 13.4. The van der Waals surface area contributed by atoms with Crippen molar-refractivity contribution in [1.82, 2.24) is 4.90 Å². The lowest BCUT2D eigenvalue weighted by molar-refractivity contribution is -0.274. The van der Waals surface area contributed by atoms with Gasteiger partial charge in [0.25, 0.3) is 5.91 Å². The molecule has 1 aliphatic rings. The van der Waals surface area contributed by atoms with Crippen molar-refractivity contribution in [2.75, 3.05) is 19.7 Å². The number of hydrogen-bond acceptors (Lipinski definition) is 4. The molecule has 5 nitrogen and oxygen atoms in total. The predicted molar refractivity (Wildman–Crippen MR) is 85.6 cm³/mol. The van der Waals surface area contributed by atoms with E-state index in [-0.39, 0.29) is 24.8 Å². The molecule has 2 aromatic rings. The lowest BCUT2D eigenvalue weighted by atomic mass is 10.0. The zero-order valence-electron chi connectivity index (χ0n) is 13.4. The molecule has 1 amide bonds. The highest BCUT2D eigenvalue weighted by molar-refractivity contribution is 5.98. The molecular formula is C18H13F3N2O3. The molecule has 0 radical (unpaired) electrons. The molecule has 3 rings (SSSR count). The first-order valence-electron chi connectivity index (χ1n) is 7.66. The van der Waals surface area contributed by atoms with Gasteiger partial charge in [-0.15, -0.1) is 13.2 Å². The summed E-state index contributed by atoms with van der Waals surface area (Å²) in [5.74, 6) is -0.232. The number of nitriles is 1. The van der Waals surface area contributed by atoms with Gasteiger partial charge in [0, 0.05) is 0 Å². The van der Waals surface area contributed by atoms with Crippen LogP contribution in [0.25, 0.3) is 11.1 Å². The number of alkyl halides is 3. The molecule has 0 N–H and O–H groups in total. The van der Waals surface area contributed by atoms with Gasteiger partial charge in [-0.05, 0) is 35.4 Å². The van der Waals surface area contributed by atoms with Gasteiger partial charge in [-0.25, -0.2) is 0 Å². The molecule has 0 fully saturated rings. The Morgan fingerprint density at radius 1 is 1.15 bits per heavy atom. The van der Waals surface area contributed by atoms with Gasteiger partial charge in [-0.1, -0.05) is 18.2 Å². The van der Waals surface area contributed by atoms with Crippen molar-refractivity contribution in [1.29, 1.82) is 5.26 Å². The van der Waals surface area contributed by atoms with E-state index >= 15 is 0 Å². The van der Waals surface area contributed by atoms with E-state index in [9.17, 15) is 18.0 Å². The van der Waals surface area contributed by atoms with E-state index in [0.717, 1.165) is 0 Å². The molecule has 0 atom stereocenters. The van der Waals surface area contributed by atoms with Crippen LogP contribution in [0.1, 0.15) is 10.4 Å². The molecule has 0 aromatic heterocycles. The third-order valence-corrected chi connectivity index (χ3v) is 3.80. The molecule has 1 aliphatic heterocycles. The maximum Gasteiger partial charge on any atom is 0.573 e. The normalized spacial score (nSPS) is 14.1. The summed E-state index contributed by atoms with van der Waals surface area (Å²) in [4.78, 5) is 14.0. The van der Waals surface area contributed by atoms with E-state index in [2.05, 4.69) is 4.74 Å². The van der Waals surface area contributed by atoms with Crippen LogP contribution in [0.3, 0.4) is 0 Å². The van der Waals surface area contributed by atoms with Gasteiger partial charge in [-0.2, -0.15) is 5.26 Å². The smallest absolute Gasteiger partial charge is 0.491 e. The van der Waals surface area contributed by atoms with Crippen LogP contribution in [0.5, 0.6) is 11.5 Å². The Balaban J connectivity index is 1.90. The third-order valence-electron chi connectivity index (χ3n) is 3.80. The van der Waals surface area contributed by atoms with Crippen molar-refractivity contribution in [3.05, 3.63) is 48.0 Å². The summed E-state index contributed by atoms with van der Waals surface area (Å²) >= 11 is 0. The summed E-state index contributed by atoms with van der Waals surface area (Å²) in [6, 6.07) is 12.2. The topological polar surface area (TPSA) is 62.6 Å². The van der Waals surface area contributed by atoms with Crippen molar-refractivity contribution >= 4 is 5.91 Å². The lowest BCUT2D eigenvalue weighted by Gasteiger charge is -2.16. The molecule has 8 heteroatoms. The molecule has 1 heterocycles. The number of carbonyl (C=O) groups excluding carboxylic acids is 1. The minimum Gasteiger partial charge on any atom is -0.491 e. The third kappa shape index (κ3) is 3.88. The van der Waals surface area contributed by atoms with Crippen molar-refractivity contribution in [2.45, 2.75) is 6.36 Å². The molecule has 134 valence electrons. The Bertz CT molecular complexity index is 857. The fourth-order valence-electron chi connectivity index (χ4n) is 2.63. The summed E-state index contributed by atoms with van der Waals surface area (Å²) < 4.78 is 46.1. The van der Waals surface area contributed by atoms with E-state index in [0.29, 0.717) is 29.0 Å². The Hall–Kier alpha value is -3.21. The van der Waals surface area contributed by atoms with E-state index in [1.807, 2.05) is 6.07 Å². The highest BCUT2D eigenvalue weighted by Crippen LogP contribution is 2.31. The number of amides is 1. The van der Waals surface area contributed by atoms with E-state index in [4.69, 9.17) is 10.00 Å². The monoisotopic (exact) mass is 362 g/mol. The van der Waals surface area contributed by atoms with Crippen molar-refractivity contribution in [2.24, 2.45) is 0 Å². The molecule has 0 bridgehead atoms. The summed E-state index contributed by atoms with van der Waals surface area (Å²) in [6.45, 7) is 0.540. The molecule has 0 saturated heterocycles. The highest BCUT2D eigenvalue weighted by atomic mass is 19.4. The molecule has 0 saturated carbocycles. The SMILES string of the molecule is N#CCN1CCOc2ccc(-c3ccc(OC(F)(F)F)cc3)cc2C1=O. The summed E-state index contributed by atoms with van der Waals surface area (Å²) in [5.41, 5.74) is 1.56. The maximum atomic E-state index is 12.6. The number of hydrogen-bond donors (Lipinski definition) is 0. The molecule has 26 heavy (non-hydrogen) atoms. The van der Waals surface area contributed by atoms with Crippen molar-refractivity contribution < 1.29 is 27.4 Å². The summed E-state index contributed by atoms with van der Waals surface area (Å²) in [7, 11) is 0. The largest absolute Gasteiger partial charge is 0.573 e. The molecule has 2 aromatic carbocycles. The minimum atomic E-state index is -4.75. The van der Waals surface area contributed by atoms with E-state index in [1.165, 1.54) is 29.2 Å². The molecule has 0 unspecified atom stereocenters. The molecule has 0 aliphatic carbocycles. The second-order valence-electron chi connectivity index (χ2n) is 5.52. The number of fused-ring (bicyclic) bond motifs is 1. The predicted octanol–water partition coefficient (Wildman–Crippen LogP) is 3.61. The number of nitrogens with zero attached hydrogens (tertiary/aromatic N) is 2. The van der Waals surface area contributed by atoms with Crippen LogP contribution in [-0.2, 0) is 0 Å². The van der Waals surface area contributed by atoms with Crippen LogP contribution in [-0.4, -0.2) is 36.9 Å². The van der Waals surface area contributed by atoms with Crippen molar-refractivity contribution in [3.63, 3.8) is 0 Å². The quantitative estimate of drug-likeness (QED) is 0.783. The van der Waals surface area contributed by atoms with Gasteiger partial charge in [0.05, 0.1) is 18.2 Å². The first kappa shape index (κ1) is 17.6. The van der Waals surface area contributed by atoms with Crippen LogP contribution in [0.2, 0.25) is 0 Å². The first-order valence-corrected chi connectivity index (χ1v) is 7.66. The number of rotatable bonds is 3. The Labute approximate surface area is 147 Å². The van der Waals surface area contributed by atoms with Crippen LogP contribution in [0, 0.1) is 11.3 Å². The van der Waals surface area contributed by atoms with Crippen LogP contribution in [0.15, 0.2) is 42.5 Å². The maximum absolute atomic E-state index is 12.6. The first-order chi connectivity index (χ1) is 12.4. The fraction of sp³-hybridized carbons (Fsp3) is 0.222. The van der Waals surface area contributed by atoms with Crippen LogP contribution < -0.4 is 9.47 Å². The second kappa shape index (κ2) is 6.96. The summed E-state index contributed by atoms with van der Waals surface area (Å²) in [6.07, 6.45) is -4.75. The van der Waals surface area contributed by atoms with Gasteiger partial charge in [-0.3, -0.25) is 4.79 Å². The Morgan fingerprint density at radius 3 is 2.50 bits per heavy atom. The Kier molecular flexibility index (Phi) is 4.71. The summed E-state index contributed by atoms with van der Waals surface area (Å²) in [5, 5.41) is 8.84. The molecule has 0 spiro atoms. The van der Waals surface area contributed by atoms with E-state index in [1.54, 1.807) is 18.2 Å². The number of benzene rings is 2. The van der Waals surface area contributed by atoms with Gasteiger partial charge in [0.2, 0.25) is 0 Å². The van der Waals surface area contributed by atoms with Gasteiger partial charge >= 0.3 is 6.36 Å². The number of halogens is 3. The van der Waals surface area contributed by atoms with Gasteiger partial charge < -0.3 is 14.4 Å². The lowest BCUT2D eigenvalue weighted by Crippen LogP contribution is -2.32. The van der Waals surface area contributed by atoms with E-state index < -0.39 is 6.36 Å². The fourth-order valence-corrected chi connectivity index (χ4v) is 2.63. The Morgan fingerprint density at radius 2 is 1.85 bits per heavy atom. The average Bonchev–Trinajstić information content (AvgIpc) is 2.74. The van der Waals surface area contributed by atoms with Crippen LogP contribution >= 0.6 is 0 Å². The van der Waals surface area contributed by atoms with Crippen molar-refractivity contribution in [3.8, 4) is 28.7 Å². The van der Waals surface area contributed by atoms with Gasteiger partial charge in [0.15, 0.2) is 0 Å². The molecular weight excluding hydrogens is 349 g/mol. The second-order valence-corrected chi connectivity index (χ2v) is 5.52.